The van der Waals surface area contributed by atoms with E-state index in [-0.39, 0.29) is 0 Å². The Morgan fingerprint density at radius 1 is 1.31 bits per heavy atom. The highest BCUT2D eigenvalue weighted by Gasteiger charge is 2.19. The monoisotopic (exact) mass is 213 g/mol. The number of hydrogen-bond acceptors (Lipinski definition) is 2. The van der Waals surface area contributed by atoms with E-state index in [1.807, 2.05) is 6.20 Å². The van der Waals surface area contributed by atoms with Crippen molar-refractivity contribution in [2.24, 2.45) is 0 Å². The molecule has 2 N–H and O–H groups in total. The molecule has 1 aromatic heterocycles. The molecular weight excluding hydrogens is 198 g/mol. The first kappa shape index (κ1) is 9.46. The van der Waals surface area contributed by atoms with Crippen molar-refractivity contribution in [1.82, 2.24) is 9.97 Å². The third-order valence-corrected chi connectivity index (χ3v) is 3.23. The number of para-hydroxylation sites is 1. The highest BCUT2D eigenvalue weighted by Crippen LogP contribution is 2.33. The van der Waals surface area contributed by atoms with Crippen LogP contribution in [0.3, 0.4) is 0 Å². The number of rotatable bonds is 2. The van der Waals surface area contributed by atoms with Gasteiger partial charge in [-0.15, -0.1) is 0 Å². The molecule has 0 saturated carbocycles. The number of imidazole rings is 1. The van der Waals surface area contributed by atoms with E-state index in [1.54, 1.807) is 6.33 Å². The van der Waals surface area contributed by atoms with Gasteiger partial charge in [-0.25, -0.2) is 4.98 Å². The zero-order valence-corrected chi connectivity index (χ0v) is 9.11. The number of nitrogens with zero attached hydrogens (tertiary/aromatic N) is 1. The molecule has 3 rings (SSSR count). The van der Waals surface area contributed by atoms with E-state index < -0.39 is 0 Å². The summed E-state index contributed by atoms with van der Waals surface area (Å²) in [5.74, 6) is 0.609. The molecule has 0 fully saturated rings. The molecule has 0 spiro atoms. The van der Waals surface area contributed by atoms with Gasteiger partial charge in [-0.3, -0.25) is 0 Å². The van der Waals surface area contributed by atoms with Gasteiger partial charge in [-0.2, -0.15) is 0 Å². The first-order valence-corrected chi connectivity index (χ1v) is 5.73. The van der Waals surface area contributed by atoms with Crippen LogP contribution < -0.4 is 5.32 Å². The Bertz CT molecular complexity index is 462. The van der Waals surface area contributed by atoms with E-state index >= 15 is 0 Å². The van der Waals surface area contributed by atoms with Crippen molar-refractivity contribution in [2.45, 2.75) is 18.8 Å². The van der Waals surface area contributed by atoms with Crippen LogP contribution in [0.25, 0.3) is 0 Å². The quantitative estimate of drug-likeness (QED) is 0.805. The SMILES string of the molecule is c1ccc2c(c1)NCC[C@H]2Cc1cnc[nH]1. The second-order valence-electron chi connectivity index (χ2n) is 4.28. The molecule has 0 bridgehead atoms. The van der Waals surface area contributed by atoms with Crippen molar-refractivity contribution in [3.8, 4) is 0 Å². The topological polar surface area (TPSA) is 40.7 Å². The van der Waals surface area contributed by atoms with Gasteiger partial charge in [-0.05, 0) is 30.4 Å². The maximum atomic E-state index is 4.07. The minimum Gasteiger partial charge on any atom is -0.385 e. The van der Waals surface area contributed by atoms with E-state index in [4.69, 9.17) is 0 Å². The predicted molar refractivity (Wildman–Crippen MR) is 64.6 cm³/mol. The Kier molecular flexibility index (Phi) is 2.37. The summed E-state index contributed by atoms with van der Waals surface area (Å²) >= 11 is 0. The fraction of sp³-hybridized carbons (Fsp3) is 0.308. The highest BCUT2D eigenvalue weighted by atomic mass is 14.9. The van der Waals surface area contributed by atoms with Crippen LogP contribution in [0.5, 0.6) is 0 Å². The smallest absolute Gasteiger partial charge is 0.0921 e. The van der Waals surface area contributed by atoms with E-state index in [0.717, 1.165) is 13.0 Å². The van der Waals surface area contributed by atoms with Gasteiger partial charge in [0.15, 0.2) is 0 Å². The van der Waals surface area contributed by atoms with Crippen molar-refractivity contribution >= 4 is 5.69 Å². The van der Waals surface area contributed by atoms with Crippen LogP contribution >= 0.6 is 0 Å². The number of hydrogen-bond donors (Lipinski definition) is 2. The lowest BCUT2D eigenvalue weighted by Crippen LogP contribution is -2.18. The second-order valence-corrected chi connectivity index (χ2v) is 4.28. The summed E-state index contributed by atoms with van der Waals surface area (Å²) in [5, 5.41) is 3.45. The third-order valence-electron chi connectivity index (χ3n) is 3.23. The zero-order chi connectivity index (χ0) is 10.8. The average Bonchev–Trinajstić information content (AvgIpc) is 2.82. The summed E-state index contributed by atoms with van der Waals surface area (Å²) in [5.41, 5.74) is 3.95. The van der Waals surface area contributed by atoms with Crippen LogP contribution in [-0.4, -0.2) is 16.5 Å². The minimum absolute atomic E-state index is 0.609. The molecule has 1 aliphatic rings. The molecule has 1 aromatic carbocycles. The van der Waals surface area contributed by atoms with E-state index in [2.05, 4.69) is 39.6 Å². The van der Waals surface area contributed by atoms with Crippen molar-refractivity contribution in [3.63, 3.8) is 0 Å². The number of aromatic nitrogens is 2. The molecule has 1 aliphatic heterocycles. The van der Waals surface area contributed by atoms with Crippen molar-refractivity contribution in [1.29, 1.82) is 0 Å². The minimum atomic E-state index is 0.609. The van der Waals surface area contributed by atoms with Gasteiger partial charge in [-0.1, -0.05) is 18.2 Å². The molecule has 1 atom stereocenters. The maximum Gasteiger partial charge on any atom is 0.0921 e. The highest BCUT2D eigenvalue weighted by molar-refractivity contribution is 5.54. The molecule has 0 aliphatic carbocycles. The molecule has 3 nitrogen and oxygen atoms in total. The Morgan fingerprint density at radius 2 is 2.25 bits per heavy atom. The van der Waals surface area contributed by atoms with Gasteiger partial charge < -0.3 is 10.3 Å². The zero-order valence-electron chi connectivity index (χ0n) is 9.11. The van der Waals surface area contributed by atoms with E-state index in [9.17, 15) is 0 Å². The molecule has 0 saturated heterocycles. The Labute approximate surface area is 94.9 Å². The summed E-state index contributed by atoms with van der Waals surface area (Å²) in [7, 11) is 0. The largest absolute Gasteiger partial charge is 0.385 e. The van der Waals surface area contributed by atoms with Crippen LogP contribution in [-0.2, 0) is 6.42 Å². The lowest BCUT2D eigenvalue weighted by atomic mass is 9.87. The molecule has 2 aromatic rings. The van der Waals surface area contributed by atoms with Crippen molar-refractivity contribution < 1.29 is 0 Å². The van der Waals surface area contributed by atoms with Gasteiger partial charge in [0.2, 0.25) is 0 Å². The van der Waals surface area contributed by atoms with Crippen molar-refractivity contribution in [2.75, 3.05) is 11.9 Å². The molecule has 3 heteroatoms. The molecule has 0 radical (unpaired) electrons. The number of H-pyrrole nitrogens is 1. The second kappa shape index (κ2) is 4.00. The number of benzene rings is 1. The molecule has 16 heavy (non-hydrogen) atoms. The number of nitrogens with one attached hydrogen (secondary N) is 2. The molecule has 0 unspecified atom stereocenters. The van der Waals surface area contributed by atoms with Gasteiger partial charge in [0.05, 0.1) is 6.33 Å². The van der Waals surface area contributed by atoms with Crippen molar-refractivity contribution in [3.05, 3.63) is 48.0 Å². The molecule has 0 amide bonds. The average molecular weight is 213 g/mol. The Balaban J connectivity index is 1.87. The standard InChI is InChI=1S/C13H15N3/c1-2-4-13-12(3-1)10(5-6-15-13)7-11-8-14-9-16-11/h1-4,8-10,15H,5-7H2,(H,14,16)/t10-/m0/s1. The first-order chi connectivity index (χ1) is 7.93. The first-order valence-electron chi connectivity index (χ1n) is 5.73. The summed E-state index contributed by atoms with van der Waals surface area (Å²) in [6.07, 6.45) is 5.92. The lowest BCUT2D eigenvalue weighted by Gasteiger charge is -2.26. The molecule has 2 heterocycles. The van der Waals surface area contributed by atoms with Crippen LogP contribution in [0.15, 0.2) is 36.8 Å². The molecule has 82 valence electrons. The van der Waals surface area contributed by atoms with Crippen LogP contribution in [0, 0.1) is 0 Å². The normalized spacial score (nSPS) is 18.9. The molecular formula is C13H15N3. The van der Waals surface area contributed by atoms with Gasteiger partial charge in [0.1, 0.15) is 0 Å². The Morgan fingerprint density at radius 3 is 3.12 bits per heavy atom. The van der Waals surface area contributed by atoms with Gasteiger partial charge >= 0.3 is 0 Å². The van der Waals surface area contributed by atoms with Crippen LogP contribution in [0.2, 0.25) is 0 Å². The van der Waals surface area contributed by atoms with E-state index in [0.29, 0.717) is 5.92 Å². The fourth-order valence-electron chi connectivity index (χ4n) is 2.42. The van der Waals surface area contributed by atoms with E-state index in [1.165, 1.54) is 23.4 Å². The number of aromatic amines is 1. The summed E-state index contributed by atoms with van der Waals surface area (Å²) in [6.45, 7) is 1.07. The lowest BCUT2D eigenvalue weighted by molar-refractivity contribution is 0.617. The predicted octanol–water partition coefficient (Wildman–Crippen LogP) is 2.55. The van der Waals surface area contributed by atoms with Crippen LogP contribution in [0.4, 0.5) is 5.69 Å². The third kappa shape index (κ3) is 1.69. The summed E-state index contributed by atoms with van der Waals surface area (Å²) < 4.78 is 0. The number of anilines is 1. The van der Waals surface area contributed by atoms with Gasteiger partial charge in [0, 0.05) is 24.1 Å². The maximum absolute atomic E-state index is 4.07. The number of fused-ring (bicyclic) bond motifs is 1. The summed E-state index contributed by atoms with van der Waals surface area (Å²) in [6, 6.07) is 8.59. The Hall–Kier alpha value is -1.77. The summed E-state index contributed by atoms with van der Waals surface area (Å²) in [4.78, 5) is 7.26. The van der Waals surface area contributed by atoms with Crippen LogP contribution in [0.1, 0.15) is 23.6 Å². The fourth-order valence-corrected chi connectivity index (χ4v) is 2.42. The van der Waals surface area contributed by atoms with Gasteiger partial charge in [0.25, 0.3) is 0 Å².